The molecule has 7 heteroatoms. The number of aliphatic hydroxyl groups is 1. The molecular formula is C22H29N3O4. The molecule has 3 rings (SSSR count). The average molecular weight is 399 g/mol. The van der Waals surface area contributed by atoms with Crippen molar-refractivity contribution in [2.75, 3.05) is 13.2 Å². The van der Waals surface area contributed by atoms with Crippen molar-refractivity contribution in [3.05, 3.63) is 29.8 Å². The molecule has 1 aliphatic heterocycles. The first-order valence-corrected chi connectivity index (χ1v) is 10.0. The lowest BCUT2D eigenvalue weighted by Gasteiger charge is -2.43. The van der Waals surface area contributed by atoms with E-state index >= 15 is 0 Å². The van der Waals surface area contributed by atoms with Crippen molar-refractivity contribution in [3.8, 4) is 11.8 Å². The van der Waals surface area contributed by atoms with E-state index in [9.17, 15) is 14.7 Å². The number of carbonyl (C=O) groups excluding carboxylic acids is 2. The molecule has 1 aliphatic carbocycles. The summed E-state index contributed by atoms with van der Waals surface area (Å²) < 4.78 is 5.57. The minimum Gasteiger partial charge on any atom is -0.491 e. The molecule has 1 saturated carbocycles. The highest BCUT2D eigenvalue weighted by molar-refractivity contribution is 6.07. The second-order valence-electron chi connectivity index (χ2n) is 9.23. The number of urea groups is 1. The Morgan fingerprint density at radius 1 is 1.31 bits per heavy atom. The number of hydrogen-bond donors (Lipinski definition) is 2. The van der Waals surface area contributed by atoms with E-state index in [2.05, 4.69) is 32.2 Å². The number of nitrogens with one attached hydrogen (secondary N) is 1. The molecule has 1 saturated heterocycles. The molecule has 0 unspecified atom stereocenters. The van der Waals surface area contributed by atoms with Crippen molar-refractivity contribution in [2.45, 2.75) is 58.1 Å². The molecule has 2 N–H and O–H groups in total. The largest absolute Gasteiger partial charge is 0.491 e. The summed E-state index contributed by atoms with van der Waals surface area (Å²) in [6.07, 6.45) is 1.58. The summed E-state index contributed by atoms with van der Waals surface area (Å²) in [5, 5.41) is 22.0. The molecule has 1 aromatic carbocycles. The van der Waals surface area contributed by atoms with Crippen molar-refractivity contribution in [2.24, 2.45) is 11.3 Å². The summed E-state index contributed by atoms with van der Waals surface area (Å²) in [6, 6.07) is 8.67. The number of amides is 3. The Labute approximate surface area is 171 Å². The number of rotatable bonds is 6. The summed E-state index contributed by atoms with van der Waals surface area (Å²) in [5.74, 6) is 0.643. The fourth-order valence-electron chi connectivity index (χ4n) is 4.92. The predicted octanol–water partition coefficient (Wildman–Crippen LogP) is 2.63. The van der Waals surface area contributed by atoms with Gasteiger partial charge in [0.05, 0.1) is 19.0 Å². The summed E-state index contributed by atoms with van der Waals surface area (Å²) in [7, 11) is 0. The van der Waals surface area contributed by atoms with Crippen LogP contribution in [0.15, 0.2) is 24.3 Å². The molecule has 0 bridgehead atoms. The third kappa shape index (κ3) is 4.70. The monoisotopic (exact) mass is 399 g/mol. The van der Waals surface area contributed by atoms with Crippen LogP contribution in [0.5, 0.6) is 5.75 Å². The number of hydrogen-bond acceptors (Lipinski definition) is 5. The van der Waals surface area contributed by atoms with Gasteiger partial charge in [0, 0.05) is 0 Å². The Hall–Kier alpha value is -2.59. The van der Waals surface area contributed by atoms with Gasteiger partial charge < -0.3 is 15.2 Å². The van der Waals surface area contributed by atoms with E-state index in [4.69, 9.17) is 10.00 Å². The summed E-state index contributed by atoms with van der Waals surface area (Å²) in [6.45, 7) is 6.21. The van der Waals surface area contributed by atoms with E-state index in [0.29, 0.717) is 30.9 Å². The van der Waals surface area contributed by atoms with Gasteiger partial charge in [0.1, 0.15) is 24.0 Å². The third-order valence-corrected chi connectivity index (χ3v) is 5.67. The van der Waals surface area contributed by atoms with E-state index < -0.39 is 17.7 Å². The van der Waals surface area contributed by atoms with Gasteiger partial charge in [-0.1, -0.05) is 32.9 Å². The quantitative estimate of drug-likeness (QED) is 0.716. The lowest BCUT2D eigenvalue weighted by Crippen LogP contribution is -2.54. The van der Waals surface area contributed by atoms with Gasteiger partial charge in [-0.25, -0.2) is 4.79 Å². The van der Waals surface area contributed by atoms with Gasteiger partial charge in [-0.3, -0.25) is 9.69 Å². The molecule has 156 valence electrons. The maximum atomic E-state index is 13.1. The van der Waals surface area contributed by atoms with Crippen molar-refractivity contribution in [1.29, 1.82) is 5.26 Å². The second kappa shape index (κ2) is 8.03. The van der Waals surface area contributed by atoms with Crippen LogP contribution in [-0.2, 0) is 11.2 Å². The van der Waals surface area contributed by atoms with Crippen LogP contribution in [-0.4, -0.2) is 46.7 Å². The normalized spacial score (nSPS) is 26.9. The molecule has 1 spiro atoms. The lowest BCUT2D eigenvalue weighted by molar-refractivity contribution is -0.135. The fraction of sp³-hybridized carbons (Fsp3) is 0.591. The second-order valence-corrected chi connectivity index (χ2v) is 9.23. The first kappa shape index (κ1) is 21.1. The Bertz CT molecular complexity index is 814. The van der Waals surface area contributed by atoms with Gasteiger partial charge in [0.25, 0.3) is 5.91 Å². The van der Waals surface area contributed by atoms with Gasteiger partial charge in [0.15, 0.2) is 0 Å². The number of ether oxygens (including phenoxy) is 1. The molecule has 29 heavy (non-hydrogen) atoms. The Morgan fingerprint density at radius 2 is 2.00 bits per heavy atom. The first-order valence-electron chi connectivity index (χ1n) is 10.0. The zero-order valence-electron chi connectivity index (χ0n) is 17.3. The van der Waals surface area contributed by atoms with E-state index in [1.54, 1.807) is 24.3 Å². The van der Waals surface area contributed by atoms with E-state index in [1.165, 1.54) is 0 Å². The SMILES string of the molecule is C[C@@H]1CC(C)(C)C[C@@]2(C1)NC(=O)N(C[C@@H](O)COc1ccc(CC#N)cc1)C2=O. The standard InChI is InChI=1S/C22H29N3O4/c1-15-10-21(2,3)14-22(11-15)19(27)25(20(28)24-22)12-17(26)13-29-18-6-4-16(5-7-18)8-9-23/h4-7,15,17,26H,8,10-14H2,1-3H3,(H,24,28)/t15-,17-,22-/m1/s1. The first-order chi connectivity index (χ1) is 13.6. The number of benzene rings is 1. The van der Waals surface area contributed by atoms with Crippen LogP contribution in [0.1, 0.15) is 45.6 Å². The molecule has 2 aliphatic rings. The number of aliphatic hydroxyl groups excluding tert-OH is 1. The van der Waals surface area contributed by atoms with Gasteiger partial charge >= 0.3 is 6.03 Å². The van der Waals surface area contributed by atoms with Crippen molar-refractivity contribution >= 4 is 11.9 Å². The zero-order chi connectivity index (χ0) is 21.2. The summed E-state index contributed by atoms with van der Waals surface area (Å²) in [4.78, 5) is 26.7. The minimum atomic E-state index is -0.993. The van der Waals surface area contributed by atoms with Crippen LogP contribution in [0.3, 0.4) is 0 Å². The summed E-state index contributed by atoms with van der Waals surface area (Å²) in [5.41, 5.74) is -0.0134. The Balaban J connectivity index is 1.59. The molecular weight excluding hydrogens is 370 g/mol. The number of imide groups is 1. The Kier molecular flexibility index (Phi) is 5.85. The van der Waals surface area contributed by atoms with Crippen LogP contribution >= 0.6 is 0 Å². The molecule has 0 radical (unpaired) electrons. The molecule has 2 fully saturated rings. The van der Waals surface area contributed by atoms with Gasteiger partial charge in [-0.05, 0) is 48.3 Å². The maximum absolute atomic E-state index is 13.1. The fourth-order valence-corrected chi connectivity index (χ4v) is 4.92. The van der Waals surface area contributed by atoms with E-state index in [-0.39, 0.29) is 24.5 Å². The smallest absolute Gasteiger partial charge is 0.325 e. The zero-order valence-corrected chi connectivity index (χ0v) is 17.3. The predicted molar refractivity (Wildman–Crippen MR) is 107 cm³/mol. The van der Waals surface area contributed by atoms with E-state index in [1.807, 2.05) is 0 Å². The molecule has 3 amide bonds. The Morgan fingerprint density at radius 3 is 2.62 bits per heavy atom. The van der Waals surface area contributed by atoms with Gasteiger partial charge in [-0.15, -0.1) is 0 Å². The lowest BCUT2D eigenvalue weighted by atomic mass is 9.64. The molecule has 0 aromatic heterocycles. The minimum absolute atomic E-state index is 0.0317. The van der Waals surface area contributed by atoms with Crippen LogP contribution in [0, 0.1) is 22.7 Å². The van der Waals surface area contributed by atoms with Crippen molar-refractivity contribution in [1.82, 2.24) is 10.2 Å². The topological polar surface area (TPSA) is 103 Å². The van der Waals surface area contributed by atoms with Crippen LogP contribution in [0.25, 0.3) is 0 Å². The third-order valence-electron chi connectivity index (χ3n) is 5.67. The van der Waals surface area contributed by atoms with Gasteiger partial charge in [-0.2, -0.15) is 5.26 Å². The summed E-state index contributed by atoms with van der Waals surface area (Å²) >= 11 is 0. The molecule has 1 aromatic rings. The average Bonchev–Trinajstić information content (AvgIpc) is 2.83. The van der Waals surface area contributed by atoms with E-state index in [0.717, 1.165) is 16.9 Å². The van der Waals surface area contributed by atoms with Crippen LogP contribution < -0.4 is 10.1 Å². The number of nitriles is 1. The molecule has 1 heterocycles. The van der Waals surface area contributed by atoms with Crippen LogP contribution in [0.2, 0.25) is 0 Å². The van der Waals surface area contributed by atoms with Gasteiger partial charge in [0.2, 0.25) is 0 Å². The number of carbonyl (C=O) groups is 2. The van der Waals surface area contributed by atoms with Crippen molar-refractivity contribution < 1.29 is 19.4 Å². The number of β-amino-alcohol motifs (C(OH)–C–C–N with tert-alkyl or cyclic N) is 1. The highest BCUT2D eigenvalue weighted by atomic mass is 16.5. The molecule has 3 atom stereocenters. The highest BCUT2D eigenvalue weighted by Crippen LogP contribution is 2.46. The maximum Gasteiger partial charge on any atom is 0.325 e. The highest BCUT2D eigenvalue weighted by Gasteiger charge is 2.56. The van der Waals surface area contributed by atoms with Crippen LogP contribution in [0.4, 0.5) is 4.79 Å². The molecule has 7 nitrogen and oxygen atoms in total. The number of nitrogens with zero attached hydrogens (tertiary/aromatic N) is 2. The van der Waals surface area contributed by atoms with Crippen molar-refractivity contribution in [3.63, 3.8) is 0 Å².